The minimum Gasteiger partial charge on any atom is -0.454 e. The van der Waals surface area contributed by atoms with Gasteiger partial charge in [-0.2, -0.15) is 0 Å². The van der Waals surface area contributed by atoms with Crippen LogP contribution in [-0.4, -0.2) is 25.0 Å². The van der Waals surface area contributed by atoms with Gasteiger partial charge in [-0.15, -0.1) is 0 Å². The van der Waals surface area contributed by atoms with Crippen molar-refractivity contribution in [1.82, 2.24) is 5.32 Å². The smallest absolute Gasteiger partial charge is 0.231 e. The third-order valence-electron chi connectivity index (χ3n) is 3.76. The molecule has 1 saturated heterocycles. The average Bonchev–Trinajstić information content (AvgIpc) is 2.83. The van der Waals surface area contributed by atoms with Crippen molar-refractivity contribution in [3.05, 3.63) is 23.8 Å². The van der Waals surface area contributed by atoms with Crippen molar-refractivity contribution in [2.45, 2.75) is 51.5 Å². The van der Waals surface area contributed by atoms with Gasteiger partial charge in [-0.25, -0.2) is 0 Å². The molecule has 2 aliphatic rings. The van der Waals surface area contributed by atoms with Crippen LogP contribution in [0, 0.1) is 0 Å². The van der Waals surface area contributed by atoms with Crippen LogP contribution in [-0.2, 0) is 11.3 Å². The van der Waals surface area contributed by atoms with Gasteiger partial charge in [0.1, 0.15) is 0 Å². The van der Waals surface area contributed by atoms with Crippen LogP contribution in [0.25, 0.3) is 0 Å². The van der Waals surface area contributed by atoms with Crippen molar-refractivity contribution in [1.29, 1.82) is 0 Å². The molecule has 0 saturated carbocycles. The second kappa shape index (κ2) is 5.39. The van der Waals surface area contributed by atoms with Gasteiger partial charge in [0, 0.05) is 18.2 Å². The lowest BCUT2D eigenvalue weighted by atomic mass is 9.99. The summed E-state index contributed by atoms with van der Waals surface area (Å²) < 4.78 is 16.7. The maximum atomic E-state index is 5.76. The van der Waals surface area contributed by atoms with E-state index in [1.807, 2.05) is 12.1 Å². The summed E-state index contributed by atoms with van der Waals surface area (Å²) in [5, 5.41) is 3.61. The van der Waals surface area contributed by atoms with Gasteiger partial charge >= 0.3 is 0 Å². The van der Waals surface area contributed by atoms with Crippen molar-refractivity contribution in [2.75, 3.05) is 6.79 Å². The van der Waals surface area contributed by atoms with Crippen molar-refractivity contribution in [3.8, 4) is 11.5 Å². The molecule has 0 amide bonds. The molecule has 1 aromatic carbocycles. The summed E-state index contributed by atoms with van der Waals surface area (Å²) in [7, 11) is 0. The van der Waals surface area contributed by atoms with Crippen LogP contribution in [0.2, 0.25) is 0 Å². The monoisotopic (exact) mass is 263 g/mol. The summed E-state index contributed by atoms with van der Waals surface area (Å²) >= 11 is 0. The Kier molecular flexibility index (Phi) is 3.62. The van der Waals surface area contributed by atoms with Crippen LogP contribution in [0.3, 0.4) is 0 Å². The number of hydrogen-bond acceptors (Lipinski definition) is 4. The number of nitrogens with one attached hydrogen (secondary N) is 1. The highest BCUT2D eigenvalue weighted by molar-refractivity contribution is 5.48. The summed E-state index contributed by atoms with van der Waals surface area (Å²) in [6, 6.07) is 6.56. The Morgan fingerprint density at radius 2 is 1.95 bits per heavy atom. The maximum Gasteiger partial charge on any atom is 0.231 e. The SMILES string of the molecule is CC1CC(NCc2cccc3c2OCO3)CC(C)O1. The second-order valence-electron chi connectivity index (χ2n) is 5.46. The van der Waals surface area contributed by atoms with E-state index in [1.54, 1.807) is 0 Å². The third-order valence-corrected chi connectivity index (χ3v) is 3.76. The molecule has 0 radical (unpaired) electrons. The van der Waals surface area contributed by atoms with Crippen LogP contribution in [0.1, 0.15) is 32.3 Å². The van der Waals surface area contributed by atoms with E-state index in [9.17, 15) is 0 Å². The minimum atomic E-state index is 0.331. The molecule has 2 aliphatic heterocycles. The zero-order chi connectivity index (χ0) is 13.2. The number of hydrogen-bond donors (Lipinski definition) is 1. The van der Waals surface area contributed by atoms with E-state index >= 15 is 0 Å². The maximum absolute atomic E-state index is 5.76. The van der Waals surface area contributed by atoms with Gasteiger partial charge in [0.15, 0.2) is 11.5 Å². The van der Waals surface area contributed by atoms with E-state index in [4.69, 9.17) is 14.2 Å². The largest absolute Gasteiger partial charge is 0.454 e. The fourth-order valence-electron chi connectivity index (χ4n) is 2.96. The van der Waals surface area contributed by atoms with E-state index in [0.717, 1.165) is 30.9 Å². The molecule has 2 atom stereocenters. The number of para-hydroxylation sites is 1. The van der Waals surface area contributed by atoms with E-state index in [0.29, 0.717) is 25.0 Å². The molecule has 0 aromatic heterocycles. The predicted molar refractivity (Wildman–Crippen MR) is 72.4 cm³/mol. The van der Waals surface area contributed by atoms with Crippen LogP contribution < -0.4 is 14.8 Å². The van der Waals surface area contributed by atoms with Crippen LogP contribution in [0.4, 0.5) is 0 Å². The van der Waals surface area contributed by atoms with Gasteiger partial charge in [-0.3, -0.25) is 0 Å². The van der Waals surface area contributed by atoms with Crippen molar-refractivity contribution in [3.63, 3.8) is 0 Å². The van der Waals surface area contributed by atoms with Crippen LogP contribution in [0.5, 0.6) is 11.5 Å². The molecule has 19 heavy (non-hydrogen) atoms. The van der Waals surface area contributed by atoms with Gasteiger partial charge in [0.25, 0.3) is 0 Å². The minimum absolute atomic E-state index is 0.331. The first-order valence-corrected chi connectivity index (χ1v) is 6.98. The van der Waals surface area contributed by atoms with Gasteiger partial charge in [0.2, 0.25) is 6.79 Å². The number of benzene rings is 1. The lowest BCUT2D eigenvalue weighted by molar-refractivity contribution is -0.0423. The summed E-state index contributed by atoms with van der Waals surface area (Å²) in [4.78, 5) is 0. The van der Waals surface area contributed by atoms with Gasteiger partial charge in [-0.1, -0.05) is 12.1 Å². The molecule has 2 unspecified atom stereocenters. The molecular formula is C15H21NO3. The van der Waals surface area contributed by atoms with Crippen molar-refractivity contribution < 1.29 is 14.2 Å². The molecule has 0 spiro atoms. The lowest BCUT2D eigenvalue weighted by Crippen LogP contribution is -2.40. The molecule has 1 fully saturated rings. The molecule has 1 aromatic rings. The molecule has 4 heteroatoms. The molecule has 4 nitrogen and oxygen atoms in total. The van der Waals surface area contributed by atoms with Crippen LogP contribution >= 0.6 is 0 Å². The average molecular weight is 263 g/mol. The molecule has 0 bridgehead atoms. The Bertz CT molecular complexity index is 439. The quantitative estimate of drug-likeness (QED) is 0.909. The number of rotatable bonds is 3. The zero-order valence-corrected chi connectivity index (χ0v) is 11.5. The Balaban J connectivity index is 1.62. The Hall–Kier alpha value is -1.26. The highest BCUT2D eigenvalue weighted by Crippen LogP contribution is 2.35. The summed E-state index contributed by atoms with van der Waals surface area (Å²) in [5.41, 5.74) is 1.17. The first kappa shape index (κ1) is 12.8. The summed E-state index contributed by atoms with van der Waals surface area (Å²) in [6.45, 7) is 5.43. The Labute approximate surface area is 114 Å². The number of fused-ring (bicyclic) bond motifs is 1. The van der Waals surface area contributed by atoms with E-state index in [2.05, 4.69) is 25.2 Å². The zero-order valence-electron chi connectivity index (χ0n) is 11.5. The first-order chi connectivity index (χ1) is 9.22. The topological polar surface area (TPSA) is 39.7 Å². The lowest BCUT2D eigenvalue weighted by Gasteiger charge is -2.32. The Morgan fingerprint density at radius 1 is 1.16 bits per heavy atom. The molecule has 2 heterocycles. The van der Waals surface area contributed by atoms with E-state index in [1.165, 1.54) is 5.56 Å². The van der Waals surface area contributed by atoms with Crippen molar-refractivity contribution >= 4 is 0 Å². The summed E-state index contributed by atoms with van der Waals surface area (Å²) in [5.74, 6) is 1.75. The van der Waals surface area contributed by atoms with E-state index in [-0.39, 0.29) is 0 Å². The second-order valence-corrected chi connectivity index (χ2v) is 5.46. The highest BCUT2D eigenvalue weighted by Gasteiger charge is 2.24. The molecule has 1 N–H and O–H groups in total. The molecule has 0 aliphatic carbocycles. The van der Waals surface area contributed by atoms with E-state index < -0.39 is 0 Å². The normalized spacial score (nSPS) is 29.5. The Morgan fingerprint density at radius 3 is 2.74 bits per heavy atom. The standard InChI is InChI=1S/C15H21NO3/c1-10-6-13(7-11(2)19-10)16-8-12-4-3-5-14-15(12)18-9-17-14/h3-5,10-11,13,16H,6-9H2,1-2H3. The molecular weight excluding hydrogens is 242 g/mol. The third kappa shape index (κ3) is 2.85. The molecule has 3 rings (SSSR count). The summed E-state index contributed by atoms with van der Waals surface area (Å²) in [6.07, 6.45) is 2.80. The van der Waals surface area contributed by atoms with Crippen LogP contribution in [0.15, 0.2) is 18.2 Å². The highest BCUT2D eigenvalue weighted by atomic mass is 16.7. The first-order valence-electron chi connectivity index (χ1n) is 6.98. The van der Waals surface area contributed by atoms with Gasteiger partial charge < -0.3 is 19.5 Å². The fourth-order valence-corrected chi connectivity index (χ4v) is 2.96. The van der Waals surface area contributed by atoms with Gasteiger partial charge in [0.05, 0.1) is 12.2 Å². The van der Waals surface area contributed by atoms with Gasteiger partial charge in [-0.05, 0) is 32.8 Å². The molecule has 104 valence electrons. The van der Waals surface area contributed by atoms with Crippen molar-refractivity contribution in [2.24, 2.45) is 0 Å². The number of ether oxygens (including phenoxy) is 3. The predicted octanol–water partition coefficient (Wildman–Crippen LogP) is 2.46. The fraction of sp³-hybridized carbons (Fsp3) is 0.600.